The van der Waals surface area contributed by atoms with Crippen LogP contribution in [0, 0.1) is 17.8 Å². The maximum Gasteiger partial charge on any atom is 0.306 e. The van der Waals surface area contributed by atoms with Gasteiger partial charge in [0.25, 0.3) is 0 Å². The first-order valence-corrected chi connectivity index (χ1v) is 25.6. The van der Waals surface area contributed by atoms with Gasteiger partial charge in [-0.25, -0.2) is 0 Å². The fourth-order valence-corrected chi connectivity index (χ4v) is 7.73. The third-order valence-electron chi connectivity index (χ3n) is 12.0. The van der Waals surface area contributed by atoms with Gasteiger partial charge >= 0.3 is 17.9 Å². The molecule has 0 spiro atoms. The van der Waals surface area contributed by atoms with E-state index >= 15 is 0 Å². The Hall–Kier alpha value is -1.59. The summed E-state index contributed by atoms with van der Waals surface area (Å²) >= 11 is 0. The second-order valence-corrected chi connectivity index (χ2v) is 19.0. The van der Waals surface area contributed by atoms with Crippen LogP contribution in [0.5, 0.6) is 0 Å². The minimum Gasteiger partial charge on any atom is -0.462 e. The second kappa shape index (κ2) is 43.5. The van der Waals surface area contributed by atoms with E-state index in [9.17, 15) is 14.4 Å². The lowest BCUT2D eigenvalue weighted by Crippen LogP contribution is -2.30. The molecular formula is C52H100O6. The Kier molecular flexibility index (Phi) is 42.3. The minimum atomic E-state index is -0.763. The van der Waals surface area contributed by atoms with Gasteiger partial charge in [-0.15, -0.1) is 0 Å². The maximum atomic E-state index is 12.8. The minimum absolute atomic E-state index is 0.0651. The van der Waals surface area contributed by atoms with E-state index in [-0.39, 0.29) is 31.1 Å². The molecule has 0 saturated heterocycles. The van der Waals surface area contributed by atoms with Crippen molar-refractivity contribution in [2.45, 2.75) is 285 Å². The van der Waals surface area contributed by atoms with Crippen LogP contribution in [-0.2, 0) is 28.6 Å². The Bertz CT molecular complexity index is 900. The normalized spacial score (nSPS) is 12.6. The highest BCUT2D eigenvalue weighted by Gasteiger charge is 2.19. The third-order valence-corrected chi connectivity index (χ3v) is 12.0. The first kappa shape index (κ1) is 56.4. The Morgan fingerprint density at radius 3 is 0.897 bits per heavy atom. The van der Waals surface area contributed by atoms with Crippen LogP contribution in [0.25, 0.3) is 0 Å². The summed E-state index contributed by atoms with van der Waals surface area (Å²) in [4.78, 5) is 37.9. The van der Waals surface area contributed by atoms with Gasteiger partial charge in [0.15, 0.2) is 6.10 Å². The molecule has 0 radical (unpaired) electrons. The lowest BCUT2D eigenvalue weighted by atomic mass is 9.99. The number of carbonyl (C=O) groups excluding carboxylic acids is 3. The molecule has 6 nitrogen and oxygen atoms in total. The average molecular weight is 821 g/mol. The van der Waals surface area contributed by atoms with Crippen molar-refractivity contribution in [1.29, 1.82) is 0 Å². The zero-order chi connectivity index (χ0) is 42.7. The number of rotatable bonds is 45. The van der Waals surface area contributed by atoms with E-state index in [1.165, 1.54) is 161 Å². The topological polar surface area (TPSA) is 78.9 Å². The molecule has 0 bridgehead atoms. The van der Waals surface area contributed by atoms with Gasteiger partial charge in [0.2, 0.25) is 0 Å². The van der Waals surface area contributed by atoms with Crippen LogP contribution < -0.4 is 0 Å². The van der Waals surface area contributed by atoms with Gasteiger partial charge < -0.3 is 14.2 Å². The van der Waals surface area contributed by atoms with Crippen molar-refractivity contribution in [3.63, 3.8) is 0 Å². The van der Waals surface area contributed by atoms with Crippen LogP contribution in [0.15, 0.2) is 0 Å². The van der Waals surface area contributed by atoms with Crippen molar-refractivity contribution in [2.75, 3.05) is 13.2 Å². The molecule has 2 atom stereocenters. The molecular weight excluding hydrogens is 721 g/mol. The molecule has 0 fully saturated rings. The molecule has 0 aromatic heterocycles. The van der Waals surface area contributed by atoms with E-state index in [1.807, 2.05) is 0 Å². The first-order chi connectivity index (χ1) is 28.1. The van der Waals surface area contributed by atoms with Crippen molar-refractivity contribution >= 4 is 17.9 Å². The van der Waals surface area contributed by atoms with Gasteiger partial charge in [-0.05, 0) is 37.0 Å². The average Bonchev–Trinajstić information content (AvgIpc) is 3.19. The summed E-state index contributed by atoms with van der Waals surface area (Å²) in [5.41, 5.74) is 0. The summed E-state index contributed by atoms with van der Waals surface area (Å²) in [6.45, 7) is 13.7. The largest absolute Gasteiger partial charge is 0.462 e. The monoisotopic (exact) mass is 821 g/mol. The molecule has 0 N–H and O–H groups in total. The summed E-state index contributed by atoms with van der Waals surface area (Å²) in [5, 5.41) is 0. The van der Waals surface area contributed by atoms with Crippen LogP contribution >= 0.6 is 0 Å². The van der Waals surface area contributed by atoms with E-state index in [2.05, 4.69) is 41.5 Å². The van der Waals surface area contributed by atoms with Crippen molar-refractivity contribution in [3.8, 4) is 0 Å². The third kappa shape index (κ3) is 44.0. The summed E-state index contributed by atoms with van der Waals surface area (Å²) < 4.78 is 16.8. The smallest absolute Gasteiger partial charge is 0.306 e. The second-order valence-electron chi connectivity index (χ2n) is 19.0. The molecule has 0 aromatic rings. The van der Waals surface area contributed by atoms with Crippen molar-refractivity contribution < 1.29 is 28.6 Å². The number of ether oxygens (including phenoxy) is 3. The Morgan fingerprint density at radius 2 is 0.603 bits per heavy atom. The standard InChI is InChI=1S/C52H100O6/c1-7-48(6)40-34-28-22-16-11-12-18-24-30-36-42-51(54)57-45-49(58-52(55)43-37-31-25-19-13-15-21-27-33-39-47(4)5)44-56-50(53)41-35-29-23-17-10-8-9-14-20-26-32-38-46(2)3/h46-49H,7-45H2,1-6H3/t48?,49-/m1/s1. The molecule has 0 aliphatic rings. The highest BCUT2D eigenvalue weighted by atomic mass is 16.6. The van der Waals surface area contributed by atoms with Gasteiger partial charge in [-0.3, -0.25) is 14.4 Å². The van der Waals surface area contributed by atoms with Crippen LogP contribution in [-0.4, -0.2) is 37.2 Å². The molecule has 0 rings (SSSR count). The molecule has 0 saturated carbocycles. The fourth-order valence-electron chi connectivity index (χ4n) is 7.73. The summed E-state index contributed by atoms with van der Waals surface area (Å²) in [6, 6.07) is 0. The number of hydrogen-bond donors (Lipinski definition) is 0. The van der Waals surface area contributed by atoms with Gasteiger partial charge in [0.05, 0.1) is 0 Å². The molecule has 0 amide bonds. The van der Waals surface area contributed by atoms with E-state index < -0.39 is 6.10 Å². The van der Waals surface area contributed by atoms with E-state index in [1.54, 1.807) is 0 Å². The van der Waals surface area contributed by atoms with Gasteiger partial charge in [0.1, 0.15) is 13.2 Å². The molecule has 0 aliphatic heterocycles. The van der Waals surface area contributed by atoms with Gasteiger partial charge in [-0.2, -0.15) is 0 Å². The number of esters is 3. The lowest BCUT2D eigenvalue weighted by molar-refractivity contribution is -0.167. The molecule has 344 valence electrons. The SMILES string of the molecule is CCC(C)CCCCCCCCCCCCC(=O)OC[C@@H](COC(=O)CCCCCCCCCCCCCC(C)C)OC(=O)CCCCCCCCCCCC(C)C. The zero-order valence-corrected chi connectivity index (χ0v) is 39.8. The Labute approximate surface area is 361 Å². The number of carbonyl (C=O) groups is 3. The van der Waals surface area contributed by atoms with Gasteiger partial charge in [0, 0.05) is 19.3 Å². The Morgan fingerprint density at radius 1 is 0.345 bits per heavy atom. The van der Waals surface area contributed by atoms with Gasteiger partial charge in [-0.1, -0.05) is 241 Å². The highest BCUT2D eigenvalue weighted by Crippen LogP contribution is 2.18. The van der Waals surface area contributed by atoms with E-state index in [0.717, 1.165) is 75.5 Å². The maximum absolute atomic E-state index is 12.8. The van der Waals surface area contributed by atoms with Crippen molar-refractivity contribution in [3.05, 3.63) is 0 Å². The quantitative estimate of drug-likeness (QED) is 0.0346. The molecule has 6 heteroatoms. The molecule has 0 aliphatic carbocycles. The van der Waals surface area contributed by atoms with Crippen LogP contribution in [0.1, 0.15) is 279 Å². The summed E-state index contributed by atoms with van der Waals surface area (Å²) in [6.07, 6.45) is 42.2. The van der Waals surface area contributed by atoms with Crippen LogP contribution in [0.4, 0.5) is 0 Å². The number of hydrogen-bond acceptors (Lipinski definition) is 6. The fraction of sp³-hybridized carbons (Fsp3) is 0.942. The highest BCUT2D eigenvalue weighted by molar-refractivity contribution is 5.71. The van der Waals surface area contributed by atoms with Crippen LogP contribution in [0.2, 0.25) is 0 Å². The first-order valence-electron chi connectivity index (χ1n) is 25.6. The molecule has 58 heavy (non-hydrogen) atoms. The van der Waals surface area contributed by atoms with E-state index in [4.69, 9.17) is 14.2 Å². The van der Waals surface area contributed by atoms with Crippen molar-refractivity contribution in [2.24, 2.45) is 17.8 Å². The summed E-state index contributed by atoms with van der Waals surface area (Å²) in [5.74, 6) is 1.65. The molecule has 0 heterocycles. The molecule has 1 unspecified atom stereocenters. The zero-order valence-electron chi connectivity index (χ0n) is 39.8. The predicted molar refractivity (Wildman–Crippen MR) is 247 cm³/mol. The van der Waals surface area contributed by atoms with E-state index in [0.29, 0.717) is 19.3 Å². The molecule has 0 aromatic carbocycles. The summed E-state index contributed by atoms with van der Waals surface area (Å²) in [7, 11) is 0. The lowest BCUT2D eigenvalue weighted by Gasteiger charge is -2.18. The Balaban J connectivity index is 4.33. The van der Waals surface area contributed by atoms with Crippen molar-refractivity contribution in [1.82, 2.24) is 0 Å². The predicted octanol–water partition coefficient (Wildman–Crippen LogP) is 16.4. The number of unbranched alkanes of at least 4 members (excludes halogenated alkanes) is 27. The van der Waals surface area contributed by atoms with Crippen LogP contribution in [0.3, 0.4) is 0 Å².